The summed E-state index contributed by atoms with van der Waals surface area (Å²) in [6, 6.07) is 9.38. The number of benzene rings is 2. The summed E-state index contributed by atoms with van der Waals surface area (Å²) in [6.45, 7) is 4.21. The zero-order valence-electron chi connectivity index (χ0n) is 16.0. The number of carbonyl (C=O) groups is 1. The lowest BCUT2D eigenvalue weighted by atomic mass is 10.0. The molecule has 3 rings (SSSR count). The van der Waals surface area contributed by atoms with E-state index in [4.69, 9.17) is 18.6 Å². The zero-order valence-corrected chi connectivity index (χ0v) is 19.1. The predicted octanol–water partition coefficient (Wildman–Crippen LogP) is 6.60. The van der Waals surface area contributed by atoms with Crippen LogP contribution in [0.4, 0.5) is 0 Å². The minimum absolute atomic E-state index is 0.0711. The molecular weight excluding hydrogens is 492 g/mol. The Hall–Kier alpha value is -1.99. The van der Waals surface area contributed by atoms with Crippen molar-refractivity contribution < 1.29 is 23.4 Å². The van der Waals surface area contributed by atoms with Crippen molar-refractivity contribution in [2.24, 2.45) is 0 Å². The maximum Gasteiger partial charge on any atom is 0.313 e. The van der Waals surface area contributed by atoms with Crippen LogP contribution in [-0.2, 0) is 16.0 Å². The first kappa shape index (κ1) is 20.7. The van der Waals surface area contributed by atoms with Gasteiger partial charge in [-0.05, 0) is 68.1 Å². The third-order valence-corrected chi connectivity index (χ3v) is 5.69. The molecule has 1 heterocycles. The fourth-order valence-corrected chi connectivity index (χ4v) is 4.24. The van der Waals surface area contributed by atoms with Crippen LogP contribution in [0.3, 0.4) is 0 Å². The molecule has 2 aromatic carbocycles. The zero-order chi connectivity index (χ0) is 20.4. The van der Waals surface area contributed by atoms with Crippen LogP contribution in [0.1, 0.15) is 31.1 Å². The number of esters is 1. The number of rotatable bonds is 6. The number of carbonyl (C=O) groups excluding carboxylic acids is 1. The van der Waals surface area contributed by atoms with Gasteiger partial charge in [0.1, 0.15) is 29.3 Å². The van der Waals surface area contributed by atoms with Gasteiger partial charge in [-0.15, -0.1) is 0 Å². The Labute approximate surface area is 180 Å². The van der Waals surface area contributed by atoms with E-state index < -0.39 is 0 Å². The number of hydrogen-bond donors (Lipinski definition) is 0. The molecule has 148 valence electrons. The van der Waals surface area contributed by atoms with Crippen LogP contribution in [0.15, 0.2) is 43.7 Å². The van der Waals surface area contributed by atoms with Gasteiger partial charge in [-0.1, -0.05) is 13.8 Å². The molecule has 0 saturated carbocycles. The van der Waals surface area contributed by atoms with E-state index in [1.807, 2.05) is 30.3 Å². The Bertz CT molecular complexity index is 1020. The summed E-state index contributed by atoms with van der Waals surface area (Å²) in [7, 11) is 3.01. The van der Waals surface area contributed by atoms with Crippen LogP contribution < -0.4 is 9.47 Å². The highest BCUT2D eigenvalue weighted by atomic mass is 79.9. The summed E-state index contributed by atoms with van der Waals surface area (Å²) in [6.07, 6.45) is 0.0711. The summed E-state index contributed by atoms with van der Waals surface area (Å²) in [5, 5.41) is 0.815. The van der Waals surface area contributed by atoms with Crippen LogP contribution in [0.2, 0.25) is 0 Å². The summed E-state index contributed by atoms with van der Waals surface area (Å²) in [5.41, 5.74) is 1.71. The second-order valence-corrected chi connectivity index (χ2v) is 8.19. The van der Waals surface area contributed by atoms with Crippen molar-refractivity contribution in [3.8, 4) is 17.2 Å². The second-order valence-electron chi connectivity index (χ2n) is 6.54. The van der Waals surface area contributed by atoms with Gasteiger partial charge in [0.25, 0.3) is 0 Å². The molecule has 0 spiro atoms. The van der Waals surface area contributed by atoms with Crippen molar-refractivity contribution in [3.63, 3.8) is 0 Å². The molecule has 3 aromatic rings. The van der Waals surface area contributed by atoms with Crippen molar-refractivity contribution in [3.05, 3.63) is 50.6 Å². The number of halogens is 2. The average Bonchev–Trinajstić information content (AvgIpc) is 3.07. The van der Waals surface area contributed by atoms with Gasteiger partial charge in [0.15, 0.2) is 5.75 Å². The van der Waals surface area contributed by atoms with E-state index in [0.29, 0.717) is 28.8 Å². The van der Waals surface area contributed by atoms with Crippen molar-refractivity contribution in [1.29, 1.82) is 0 Å². The van der Waals surface area contributed by atoms with E-state index in [1.165, 1.54) is 7.11 Å². The fourth-order valence-electron chi connectivity index (χ4n) is 2.88. The lowest BCUT2D eigenvalue weighted by Crippen LogP contribution is -2.03. The first-order valence-electron chi connectivity index (χ1n) is 8.67. The van der Waals surface area contributed by atoms with Crippen molar-refractivity contribution in [2.75, 3.05) is 14.2 Å². The first-order chi connectivity index (χ1) is 13.3. The largest absolute Gasteiger partial charge is 0.496 e. The molecule has 0 radical (unpaired) electrons. The van der Waals surface area contributed by atoms with Crippen LogP contribution in [0, 0.1) is 0 Å². The molecule has 0 unspecified atom stereocenters. The van der Waals surface area contributed by atoms with Gasteiger partial charge in [-0.25, -0.2) is 0 Å². The maximum atomic E-state index is 11.5. The lowest BCUT2D eigenvalue weighted by molar-refractivity contribution is -0.140. The summed E-state index contributed by atoms with van der Waals surface area (Å²) in [5.74, 6) is 2.62. The van der Waals surface area contributed by atoms with Crippen LogP contribution in [0.5, 0.6) is 17.2 Å². The summed E-state index contributed by atoms with van der Waals surface area (Å²) in [4.78, 5) is 11.5. The molecule has 0 saturated heterocycles. The topological polar surface area (TPSA) is 57.9 Å². The Balaban J connectivity index is 1.99. The molecular formula is C21H20Br2O5. The maximum absolute atomic E-state index is 11.5. The van der Waals surface area contributed by atoms with Crippen molar-refractivity contribution in [2.45, 2.75) is 26.2 Å². The molecule has 1 aromatic heterocycles. The Morgan fingerprint density at radius 1 is 1.14 bits per heavy atom. The molecule has 0 aliphatic carbocycles. The summed E-state index contributed by atoms with van der Waals surface area (Å²) < 4.78 is 23.5. The number of ether oxygens (including phenoxy) is 3. The minimum atomic E-state index is -0.356. The minimum Gasteiger partial charge on any atom is -0.496 e. The Morgan fingerprint density at radius 2 is 1.89 bits per heavy atom. The standard InChI is InChI=1S/C21H20Br2O5/c1-11(2)14-7-12(5-6-17(14)25-3)28-21-16(22)10-18-15(20(21)23)8-13(27-18)9-19(24)26-4/h5-8,10-11H,9H2,1-4H3. The highest BCUT2D eigenvalue weighted by molar-refractivity contribution is 9.11. The van der Waals surface area contributed by atoms with Gasteiger partial charge in [0, 0.05) is 10.9 Å². The molecule has 0 atom stereocenters. The van der Waals surface area contributed by atoms with Gasteiger partial charge >= 0.3 is 5.97 Å². The first-order valence-corrected chi connectivity index (χ1v) is 10.3. The Kier molecular flexibility index (Phi) is 6.35. The molecule has 0 amide bonds. The molecule has 7 heteroatoms. The number of hydrogen-bond acceptors (Lipinski definition) is 5. The van der Waals surface area contributed by atoms with E-state index in [1.54, 1.807) is 7.11 Å². The monoisotopic (exact) mass is 510 g/mol. The highest BCUT2D eigenvalue weighted by Gasteiger charge is 2.18. The number of furan rings is 1. The smallest absolute Gasteiger partial charge is 0.313 e. The van der Waals surface area contributed by atoms with Gasteiger partial charge in [0.2, 0.25) is 0 Å². The molecule has 0 fully saturated rings. The summed E-state index contributed by atoms with van der Waals surface area (Å²) >= 11 is 7.15. The molecule has 0 bridgehead atoms. The molecule has 0 aliphatic rings. The van der Waals surface area contributed by atoms with Gasteiger partial charge < -0.3 is 18.6 Å². The lowest BCUT2D eigenvalue weighted by Gasteiger charge is -2.15. The van der Waals surface area contributed by atoms with E-state index in [9.17, 15) is 4.79 Å². The van der Waals surface area contributed by atoms with Crippen LogP contribution in [0.25, 0.3) is 11.0 Å². The quantitative estimate of drug-likeness (QED) is 0.349. The highest BCUT2D eigenvalue weighted by Crippen LogP contribution is 2.43. The number of fused-ring (bicyclic) bond motifs is 1. The predicted molar refractivity (Wildman–Crippen MR) is 114 cm³/mol. The van der Waals surface area contributed by atoms with Gasteiger partial charge in [-0.3, -0.25) is 4.79 Å². The van der Waals surface area contributed by atoms with E-state index in [0.717, 1.165) is 25.6 Å². The SMILES string of the molecule is COC(=O)Cc1cc2c(Br)c(Oc3ccc(OC)c(C(C)C)c3)c(Br)cc2o1. The molecule has 28 heavy (non-hydrogen) atoms. The normalized spacial score (nSPS) is 11.1. The average molecular weight is 512 g/mol. The molecule has 5 nitrogen and oxygen atoms in total. The molecule has 0 aliphatic heterocycles. The van der Waals surface area contributed by atoms with Gasteiger partial charge in [-0.2, -0.15) is 0 Å². The van der Waals surface area contributed by atoms with E-state index >= 15 is 0 Å². The van der Waals surface area contributed by atoms with Crippen LogP contribution in [-0.4, -0.2) is 20.2 Å². The van der Waals surface area contributed by atoms with Crippen LogP contribution >= 0.6 is 31.9 Å². The van der Waals surface area contributed by atoms with Gasteiger partial charge in [0.05, 0.1) is 23.2 Å². The third-order valence-electron chi connectivity index (χ3n) is 4.31. The second kappa shape index (κ2) is 8.57. The van der Waals surface area contributed by atoms with Crippen molar-refractivity contribution >= 4 is 48.8 Å². The Morgan fingerprint density at radius 3 is 2.54 bits per heavy atom. The fraction of sp³-hybridized carbons (Fsp3) is 0.286. The third kappa shape index (κ3) is 4.20. The van der Waals surface area contributed by atoms with Crippen molar-refractivity contribution in [1.82, 2.24) is 0 Å². The molecule has 0 N–H and O–H groups in total. The van der Waals surface area contributed by atoms with E-state index in [-0.39, 0.29) is 12.4 Å². The number of methoxy groups -OCH3 is 2. The van der Waals surface area contributed by atoms with E-state index in [2.05, 4.69) is 45.7 Å².